The molecule has 0 radical (unpaired) electrons. The van der Waals surface area contributed by atoms with Crippen LogP contribution in [0.5, 0.6) is 0 Å². The van der Waals surface area contributed by atoms with Crippen molar-refractivity contribution in [2.45, 2.75) is 32.2 Å². The summed E-state index contributed by atoms with van der Waals surface area (Å²) >= 11 is 13.7. The van der Waals surface area contributed by atoms with E-state index >= 15 is 0 Å². The van der Waals surface area contributed by atoms with Gasteiger partial charge < -0.3 is 10.6 Å². The number of quaternary nitrogens is 1. The monoisotopic (exact) mass is 394 g/mol. The molecule has 0 saturated heterocycles. The van der Waals surface area contributed by atoms with E-state index in [4.69, 9.17) is 23.2 Å². The summed E-state index contributed by atoms with van der Waals surface area (Å²) in [7, 11) is 0. The third-order valence-electron chi connectivity index (χ3n) is 4.40. The molecule has 3 N–H and O–H groups in total. The SMILES string of the molecule is C[C@H]([NH2+]CC(=O)Nc1sc2c(c1C#N)CCC2)c1ccc(Cl)cc1Cl. The summed E-state index contributed by atoms with van der Waals surface area (Å²) in [6, 6.07) is 7.64. The molecule has 0 saturated carbocycles. The Morgan fingerprint density at radius 2 is 2.24 bits per heavy atom. The van der Waals surface area contributed by atoms with Gasteiger partial charge in [0.25, 0.3) is 5.91 Å². The summed E-state index contributed by atoms with van der Waals surface area (Å²) in [5, 5.41) is 16.1. The molecule has 4 nitrogen and oxygen atoms in total. The van der Waals surface area contributed by atoms with Crippen molar-refractivity contribution in [3.05, 3.63) is 49.8 Å². The Kier molecular flexibility index (Phi) is 5.65. The van der Waals surface area contributed by atoms with Gasteiger partial charge in [0.15, 0.2) is 6.54 Å². The Bertz CT molecular complexity index is 857. The summed E-state index contributed by atoms with van der Waals surface area (Å²) in [5.41, 5.74) is 2.69. The maximum atomic E-state index is 12.3. The molecule has 0 fully saturated rings. The van der Waals surface area contributed by atoms with Gasteiger partial charge in [-0.15, -0.1) is 11.3 Å². The molecule has 3 rings (SSSR count). The van der Waals surface area contributed by atoms with E-state index in [0.717, 1.165) is 30.4 Å². The first-order valence-electron chi connectivity index (χ1n) is 8.12. The van der Waals surface area contributed by atoms with Crippen LogP contribution in [0.15, 0.2) is 18.2 Å². The van der Waals surface area contributed by atoms with E-state index in [0.29, 0.717) is 20.6 Å². The largest absolute Gasteiger partial charge is 0.332 e. The summed E-state index contributed by atoms with van der Waals surface area (Å²) in [6.45, 7) is 2.25. The highest BCUT2D eigenvalue weighted by molar-refractivity contribution is 7.16. The lowest BCUT2D eigenvalue weighted by atomic mass is 10.1. The molecule has 25 heavy (non-hydrogen) atoms. The number of nitrogens with two attached hydrogens (primary N) is 1. The molecule has 7 heteroatoms. The molecule has 1 heterocycles. The minimum atomic E-state index is -0.117. The molecule has 1 atom stereocenters. The van der Waals surface area contributed by atoms with Gasteiger partial charge in [-0.1, -0.05) is 29.3 Å². The second-order valence-electron chi connectivity index (χ2n) is 6.12. The molecule has 1 aromatic heterocycles. The molecule has 1 aromatic carbocycles. The average molecular weight is 395 g/mol. The van der Waals surface area contributed by atoms with Crippen molar-refractivity contribution in [2.24, 2.45) is 0 Å². The summed E-state index contributed by atoms with van der Waals surface area (Å²) in [6.07, 6.45) is 3.03. The van der Waals surface area contributed by atoms with Gasteiger partial charge in [0.1, 0.15) is 17.1 Å². The molecule has 1 amide bonds. The highest BCUT2D eigenvalue weighted by Gasteiger charge is 2.23. The number of nitrogens with zero attached hydrogens (tertiary/aromatic N) is 1. The zero-order valence-electron chi connectivity index (χ0n) is 13.7. The number of halogens is 2. The number of benzene rings is 1. The van der Waals surface area contributed by atoms with Crippen molar-refractivity contribution in [3.63, 3.8) is 0 Å². The topological polar surface area (TPSA) is 69.5 Å². The third kappa shape index (κ3) is 3.99. The molecule has 1 aliphatic rings. The molecule has 1 aliphatic carbocycles. The average Bonchev–Trinajstić information content (AvgIpc) is 3.13. The van der Waals surface area contributed by atoms with Gasteiger partial charge in [0, 0.05) is 15.5 Å². The van der Waals surface area contributed by atoms with Gasteiger partial charge in [-0.2, -0.15) is 5.26 Å². The Balaban J connectivity index is 1.61. The van der Waals surface area contributed by atoms with Crippen LogP contribution >= 0.6 is 34.5 Å². The second kappa shape index (κ2) is 7.76. The highest BCUT2D eigenvalue weighted by atomic mass is 35.5. The third-order valence-corrected chi connectivity index (χ3v) is 6.17. The molecule has 0 aliphatic heterocycles. The molecule has 0 spiro atoms. The Morgan fingerprint density at radius 3 is 2.96 bits per heavy atom. The standard InChI is InChI=1S/C18H17Cl2N3OS/c1-10(12-6-5-11(19)7-15(12)20)22-9-17(24)23-18-14(8-21)13-3-2-4-16(13)25-18/h5-7,10,22H,2-4,9H2,1H3,(H,23,24)/p+1/t10-/m0/s1. The summed E-state index contributed by atoms with van der Waals surface area (Å²) in [5.74, 6) is -0.117. The van der Waals surface area contributed by atoms with Crippen LogP contribution in [-0.2, 0) is 17.6 Å². The van der Waals surface area contributed by atoms with Crippen molar-refractivity contribution in [1.29, 1.82) is 5.26 Å². The Hall–Kier alpha value is -1.58. The first kappa shape index (κ1) is 18.2. The van der Waals surface area contributed by atoms with Gasteiger partial charge in [-0.3, -0.25) is 4.79 Å². The van der Waals surface area contributed by atoms with E-state index in [1.807, 2.05) is 18.3 Å². The number of nitriles is 1. The predicted octanol–water partition coefficient (Wildman–Crippen LogP) is 3.68. The van der Waals surface area contributed by atoms with Crippen LogP contribution in [0.1, 0.15) is 41.0 Å². The lowest BCUT2D eigenvalue weighted by Crippen LogP contribution is -2.86. The number of hydrogen-bond donors (Lipinski definition) is 2. The molecule has 0 bridgehead atoms. The second-order valence-corrected chi connectivity index (χ2v) is 8.06. The smallest absolute Gasteiger partial charge is 0.280 e. The van der Waals surface area contributed by atoms with E-state index in [2.05, 4.69) is 11.4 Å². The van der Waals surface area contributed by atoms with Crippen LogP contribution in [-0.4, -0.2) is 12.5 Å². The number of amides is 1. The Labute approximate surface area is 160 Å². The van der Waals surface area contributed by atoms with Crippen molar-refractivity contribution in [3.8, 4) is 6.07 Å². The van der Waals surface area contributed by atoms with E-state index in [9.17, 15) is 10.1 Å². The molecular formula is C18H18Cl2N3OS+. The van der Waals surface area contributed by atoms with E-state index in [1.165, 1.54) is 16.2 Å². The number of thiophene rings is 1. The van der Waals surface area contributed by atoms with Crippen LogP contribution < -0.4 is 10.6 Å². The number of rotatable bonds is 5. The number of fused-ring (bicyclic) bond motifs is 1. The molecule has 2 aromatic rings. The maximum absolute atomic E-state index is 12.3. The van der Waals surface area contributed by atoms with Gasteiger partial charge in [-0.05, 0) is 43.9 Å². The van der Waals surface area contributed by atoms with Crippen molar-refractivity contribution >= 4 is 45.4 Å². The van der Waals surface area contributed by atoms with Crippen LogP contribution in [0, 0.1) is 11.3 Å². The van der Waals surface area contributed by atoms with Crippen molar-refractivity contribution < 1.29 is 10.1 Å². The van der Waals surface area contributed by atoms with Crippen molar-refractivity contribution in [2.75, 3.05) is 11.9 Å². The number of aryl methyl sites for hydroxylation is 1. The first-order chi connectivity index (χ1) is 12.0. The zero-order chi connectivity index (χ0) is 18.0. The fourth-order valence-corrected chi connectivity index (χ4v) is 4.91. The molecular weight excluding hydrogens is 377 g/mol. The normalized spacial score (nSPS) is 14.0. The quantitative estimate of drug-likeness (QED) is 0.811. The van der Waals surface area contributed by atoms with Gasteiger partial charge in [0.2, 0.25) is 0 Å². The van der Waals surface area contributed by atoms with Crippen LogP contribution in [0.4, 0.5) is 5.00 Å². The molecule has 130 valence electrons. The van der Waals surface area contributed by atoms with E-state index in [1.54, 1.807) is 12.1 Å². The summed E-state index contributed by atoms with van der Waals surface area (Å²) < 4.78 is 0. The summed E-state index contributed by atoms with van der Waals surface area (Å²) in [4.78, 5) is 13.5. The van der Waals surface area contributed by atoms with Crippen LogP contribution in [0.3, 0.4) is 0 Å². The van der Waals surface area contributed by atoms with Gasteiger partial charge >= 0.3 is 0 Å². The maximum Gasteiger partial charge on any atom is 0.280 e. The van der Waals surface area contributed by atoms with Crippen LogP contribution in [0.2, 0.25) is 10.0 Å². The number of carbonyl (C=O) groups is 1. The van der Waals surface area contributed by atoms with Crippen LogP contribution in [0.25, 0.3) is 0 Å². The first-order valence-corrected chi connectivity index (χ1v) is 9.69. The minimum Gasteiger partial charge on any atom is -0.332 e. The fraction of sp³-hybridized carbons (Fsp3) is 0.333. The fourth-order valence-electron chi connectivity index (χ4n) is 3.07. The zero-order valence-corrected chi connectivity index (χ0v) is 16.1. The van der Waals surface area contributed by atoms with Crippen molar-refractivity contribution in [1.82, 2.24) is 0 Å². The number of hydrogen-bond acceptors (Lipinski definition) is 3. The van der Waals surface area contributed by atoms with Gasteiger partial charge in [-0.25, -0.2) is 0 Å². The molecule has 0 unspecified atom stereocenters. The van der Waals surface area contributed by atoms with E-state index < -0.39 is 0 Å². The number of nitrogens with one attached hydrogen (secondary N) is 1. The highest BCUT2D eigenvalue weighted by Crippen LogP contribution is 2.38. The lowest BCUT2D eigenvalue weighted by molar-refractivity contribution is -0.682. The number of carbonyl (C=O) groups excluding carboxylic acids is 1. The predicted molar refractivity (Wildman–Crippen MR) is 101 cm³/mol. The minimum absolute atomic E-state index is 0.0271. The van der Waals surface area contributed by atoms with E-state index in [-0.39, 0.29) is 18.5 Å². The van der Waals surface area contributed by atoms with Gasteiger partial charge in [0.05, 0.1) is 10.6 Å². The Morgan fingerprint density at radius 1 is 1.44 bits per heavy atom. The number of anilines is 1. The lowest BCUT2D eigenvalue weighted by Gasteiger charge is -2.12.